The number of hydrogen-bond acceptors (Lipinski definition) is 4. The minimum Gasteiger partial charge on any atom is -0.497 e. The van der Waals surface area contributed by atoms with Gasteiger partial charge in [-0.05, 0) is 55.7 Å². The first-order valence-corrected chi connectivity index (χ1v) is 10.1. The smallest absolute Gasteiger partial charge is 0.267 e. The van der Waals surface area contributed by atoms with E-state index in [-0.39, 0.29) is 17.7 Å². The summed E-state index contributed by atoms with van der Waals surface area (Å²) in [5.74, 6) is 0.589. The molecule has 28 heavy (non-hydrogen) atoms. The van der Waals surface area contributed by atoms with Gasteiger partial charge >= 0.3 is 0 Å². The zero-order valence-electron chi connectivity index (χ0n) is 15.5. The molecule has 1 heterocycles. The van der Waals surface area contributed by atoms with Crippen LogP contribution < -0.4 is 15.4 Å². The topological polar surface area (TPSA) is 67.4 Å². The molecule has 1 aliphatic rings. The highest BCUT2D eigenvalue weighted by atomic mass is 35.5. The number of thiophene rings is 1. The Morgan fingerprint density at radius 1 is 1.14 bits per heavy atom. The van der Waals surface area contributed by atoms with Crippen molar-refractivity contribution in [3.63, 3.8) is 0 Å². The summed E-state index contributed by atoms with van der Waals surface area (Å²) in [6.45, 7) is 1.87. The SMILES string of the molecule is COc1ccc2c(Cl)c(C(=O)Nc3cccc(NC(=O)C4CC4)c3C)sc2c1. The van der Waals surface area contributed by atoms with Crippen molar-refractivity contribution in [2.75, 3.05) is 17.7 Å². The van der Waals surface area contributed by atoms with Crippen molar-refractivity contribution >= 4 is 56.2 Å². The molecule has 0 radical (unpaired) electrons. The van der Waals surface area contributed by atoms with Gasteiger partial charge in [0.05, 0.1) is 12.1 Å². The molecule has 1 saturated carbocycles. The van der Waals surface area contributed by atoms with Gasteiger partial charge in [-0.1, -0.05) is 17.7 Å². The number of halogens is 1. The van der Waals surface area contributed by atoms with Gasteiger partial charge in [-0.25, -0.2) is 0 Å². The minimum atomic E-state index is -0.279. The van der Waals surface area contributed by atoms with Crippen molar-refractivity contribution < 1.29 is 14.3 Å². The summed E-state index contributed by atoms with van der Waals surface area (Å²) >= 11 is 7.77. The summed E-state index contributed by atoms with van der Waals surface area (Å²) in [5.41, 5.74) is 2.16. The van der Waals surface area contributed by atoms with Gasteiger partial charge in [-0.3, -0.25) is 9.59 Å². The molecule has 1 aromatic heterocycles. The Hall–Kier alpha value is -2.57. The Balaban J connectivity index is 1.59. The number of benzene rings is 2. The number of carbonyl (C=O) groups is 2. The lowest BCUT2D eigenvalue weighted by Crippen LogP contribution is -2.16. The Morgan fingerprint density at radius 2 is 1.86 bits per heavy atom. The number of anilines is 2. The number of fused-ring (bicyclic) bond motifs is 1. The molecule has 0 aliphatic heterocycles. The molecular formula is C21H19ClN2O3S. The Bertz CT molecular complexity index is 1090. The van der Waals surface area contributed by atoms with E-state index in [0.717, 1.165) is 28.5 Å². The zero-order chi connectivity index (χ0) is 19.8. The largest absolute Gasteiger partial charge is 0.497 e. The number of carbonyl (C=O) groups excluding carboxylic acids is 2. The molecule has 1 aliphatic carbocycles. The van der Waals surface area contributed by atoms with Crippen LogP contribution in [0.2, 0.25) is 5.02 Å². The van der Waals surface area contributed by atoms with E-state index in [1.807, 2.05) is 43.3 Å². The first-order valence-electron chi connectivity index (χ1n) is 8.96. The van der Waals surface area contributed by atoms with Crippen LogP contribution in [0.4, 0.5) is 11.4 Å². The fourth-order valence-corrected chi connectivity index (χ4v) is 4.43. The summed E-state index contributed by atoms with van der Waals surface area (Å²) in [5, 5.41) is 7.11. The molecule has 0 unspecified atom stereocenters. The van der Waals surface area contributed by atoms with E-state index in [1.165, 1.54) is 11.3 Å². The molecule has 2 amide bonds. The highest BCUT2D eigenvalue weighted by Gasteiger charge is 2.30. The van der Waals surface area contributed by atoms with Crippen LogP contribution in [-0.4, -0.2) is 18.9 Å². The lowest BCUT2D eigenvalue weighted by atomic mass is 10.1. The van der Waals surface area contributed by atoms with E-state index in [4.69, 9.17) is 16.3 Å². The molecule has 2 N–H and O–H groups in total. The third-order valence-corrected chi connectivity index (χ3v) is 6.49. The van der Waals surface area contributed by atoms with E-state index < -0.39 is 0 Å². The van der Waals surface area contributed by atoms with Crippen LogP contribution in [-0.2, 0) is 4.79 Å². The van der Waals surface area contributed by atoms with Crippen LogP contribution in [0.1, 0.15) is 28.1 Å². The summed E-state index contributed by atoms with van der Waals surface area (Å²) in [7, 11) is 1.60. The van der Waals surface area contributed by atoms with Crippen LogP contribution in [0.5, 0.6) is 5.75 Å². The van der Waals surface area contributed by atoms with Gasteiger partial charge in [0.2, 0.25) is 5.91 Å². The van der Waals surface area contributed by atoms with Crippen molar-refractivity contribution in [3.8, 4) is 5.75 Å². The zero-order valence-corrected chi connectivity index (χ0v) is 17.0. The van der Waals surface area contributed by atoms with Crippen LogP contribution in [0.25, 0.3) is 10.1 Å². The monoisotopic (exact) mass is 414 g/mol. The average molecular weight is 415 g/mol. The molecular weight excluding hydrogens is 396 g/mol. The van der Waals surface area contributed by atoms with E-state index >= 15 is 0 Å². The van der Waals surface area contributed by atoms with E-state index in [0.29, 0.717) is 27.0 Å². The molecule has 3 aromatic rings. The van der Waals surface area contributed by atoms with E-state index in [2.05, 4.69) is 10.6 Å². The normalized spacial score (nSPS) is 13.4. The number of hydrogen-bond donors (Lipinski definition) is 2. The van der Waals surface area contributed by atoms with Crippen LogP contribution >= 0.6 is 22.9 Å². The maximum Gasteiger partial charge on any atom is 0.267 e. The molecule has 144 valence electrons. The predicted octanol–water partition coefficient (Wildman–Crippen LogP) is 5.47. The average Bonchev–Trinajstić information content (AvgIpc) is 3.49. The number of rotatable bonds is 5. The second kappa shape index (κ2) is 7.45. The first-order chi connectivity index (χ1) is 13.5. The lowest BCUT2D eigenvalue weighted by molar-refractivity contribution is -0.117. The van der Waals surface area contributed by atoms with E-state index in [9.17, 15) is 9.59 Å². The van der Waals surface area contributed by atoms with Gasteiger partial charge in [0, 0.05) is 27.4 Å². The maximum absolute atomic E-state index is 12.9. The van der Waals surface area contributed by atoms with Gasteiger partial charge in [0.25, 0.3) is 5.91 Å². The van der Waals surface area contributed by atoms with Crippen molar-refractivity contribution in [2.24, 2.45) is 5.92 Å². The van der Waals surface area contributed by atoms with Crippen LogP contribution in [0.15, 0.2) is 36.4 Å². The summed E-state index contributed by atoms with van der Waals surface area (Å²) in [6.07, 6.45) is 1.88. The van der Waals surface area contributed by atoms with Gasteiger partial charge < -0.3 is 15.4 Å². The predicted molar refractivity (Wildman–Crippen MR) is 114 cm³/mol. The van der Waals surface area contributed by atoms with Gasteiger partial charge in [0.1, 0.15) is 10.6 Å². The molecule has 0 bridgehead atoms. The molecule has 0 saturated heterocycles. The number of ether oxygens (including phenoxy) is 1. The van der Waals surface area contributed by atoms with Gasteiger partial charge in [0.15, 0.2) is 0 Å². The van der Waals surface area contributed by atoms with Gasteiger partial charge in [-0.2, -0.15) is 0 Å². The van der Waals surface area contributed by atoms with Crippen molar-refractivity contribution in [1.29, 1.82) is 0 Å². The lowest BCUT2D eigenvalue weighted by Gasteiger charge is -2.13. The highest BCUT2D eigenvalue weighted by molar-refractivity contribution is 7.21. The fourth-order valence-electron chi connectivity index (χ4n) is 2.98. The first kappa shape index (κ1) is 18.8. The third-order valence-electron chi connectivity index (χ3n) is 4.83. The minimum absolute atomic E-state index is 0.0353. The maximum atomic E-state index is 12.9. The fraction of sp³-hybridized carbons (Fsp3) is 0.238. The third kappa shape index (κ3) is 3.57. The number of amides is 2. The summed E-state index contributed by atoms with van der Waals surface area (Å²) < 4.78 is 6.12. The highest BCUT2D eigenvalue weighted by Crippen LogP contribution is 2.38. The van der Waals surface area contributed by atoms with Crippen molar-refractivity contribution in [2.45, 2.75) is 19.8 Å². The molecule has 7 heteroatoms. The molecule has 4 rings (SSSR count). The molecule has 5 nitrogen and oxygen atoms in total. The molecule has 1 fully saturated rings. The Labute approximate surface area is 171 Å². The molecule has 0 atom stereocenters. The Morgan fingerprint density at radius 3 is 2.54 bits per heavy atom. The quantitative estimate of drug-likeness (QED) is 0.581. The van der Waals surface area contributed by atoms with Crippen molar-refractivity contribution in [1.82, 2.24) is 0 Å². The molecule has 0 spiro atoms. The molecule has 2 aromatic carbocycles. The standard InChI is InChI=1S/C21H19ClN2O3S/c1-11-15(23-20(25)12-6-7-12)4-3-5-16(11)24-21(26)19-18(22)14-9-8-13(27-2)10-17(14)28-19/h3-5,8-10,12H,6-7H2,1-2H3,(H,23,25)(H,24,26). The number of nitrogens with one attached hydrogen (secondary N) is 2. The summed E-state index contributed by atoms with van der Waals surface area (Å²) in [4.78, 5) is 25.4. The van der Waals surface area contributed by atoms with Gasteiger partial charge in [-0.15, -0.1) is 11.3 Å². The second-order valence-electron chi connectivity index (χ2n) is 6.80. The number of methoxy groups -OCH3 is 1. The van der Waals surface area contributed by atoms with Crippen LogP contribution in [0.3, 0.4) is 0 Å². The summed E-state index contributed by atoms with van der Waals surface area (Å²) in [6, 6.07) is 11.0. The Kier molecular flexibility index (Phi) is 5.00. The van der Waals surface area contributed by atoms with Crippen LogP contribution in [0, 0.1) is 12.8 Å². The van der Waals surface area contributed by atoms with Crippen molar-refractivity contribution in [3.05, 3.63) is 51.9 Å². The van der Waals surface area contributed by atoms with E-state index in [1.54, 1.807) is 7.11 Å². The second-order valence-corrected chi connectivity index (χ2v) is 8.23.